The van der Waals surface area contributed by atoms with Gasteiger partial charge in [0.25, 0.3) is 0 Å². The molecule has 2 aliphatic rings. The van der Waals surface area contributed by atoms with E-state index in [9.17, 15) is 0 Å². The Bertz CT molecular complexity index is 635. The smallest absolute Gasteiger partial charge is 0.241 e. The van der Waals surface area contributed by atoms with Crippen molar-refractivity contribution in [2.75, 3.05) is 0 Å². The van der Waals surface area contributed by atoms with Gasteiger partial charge in [0.05, 0.1) is 0 Å². The van der Waals surface area contributed by atoms with Gasteiger partial charge >= 0.3 is 0 Å². The summed E-state index contributed by atoms with van der Waals surface area (Å²) in [5.74, 6) is 3.31. The van der Waals surface area contributed by atoms with E-state index in [4.69, 9.17) is 16.1 Å². The molecule has 3 atom stereocenters. The Hall–Kier alpha value is -1.61. The second kappa shape index (κ2) is 4.20. The minimum absolute atomic E-state index is 0.292. The summed E-state index contributed by atoms with van der Waals surface area (Å²) in [5.41, 5.74) is 2.79. The summed E-state index contributed by atoms with van der Waals surface area (Å²) in [6.07, 6.45) is 3.49. The van der Waals surface area contributed by atoms with Crippen LogP contribution in [0.3, 0.4) is 0 Å². The fraction of sp³-hybridized carbons (Fsp3) is 0.333. The van der Waals surface area contributed by atoms with Crippen molar-refractivity contribution in [3.05, 3.63) is 53.7 Å². The molecule has 1 fully saturated rings. The largest absolute Gasteiger partial charge is 0.338 e. The Labute approximate surface area is 116 Å². The molecule has 1 heterocycles. The van der Waals surface area contributed by atoms with Crippen molar-refractivity contribution in [3.8, 4) is 0 Å². The number of halogens is 1. The molecule has 2 aromatic rings. The number of hydrogen-bond donors (Lipinski definition) is 0. The maximum atomic E-state index is 5.68. The molecule has 1 aromatic carbocycles. The lowest BCUT2D eigenvalue weighted by molar-refractivity contribution is 0.383. The summed E-state index contributed by atoms with van der Waals surface area (Å²) in [5, 5.41) is 4.03. The van der Waals surface area contributed by atoms with Gasteiger partial charge in [0.2, 0.25) is 5.89 Å². The van der Waals surface area contributed by atoms with Crippen LogP contribution in [0.2, 0.25) is 0 Å². The quantitative estimate of drug-likeness (QED) is 0.801. The van der Waals surface area contributed by atoms with Gasteiger partial charge in [-0.15, -0.1) is 11.6 Å². The number of rotatable bonds is 3. The third kappa shape index (κ3) is 1.80. The monoisotopic (exact) mass is 272 g/mol. The SMILES string of the molecule is ClCc1nc([C@@H]2[C@H]3C=C(c4ccccc4)C[C@H]32)no1. The van der Waals surface area contributed by atoms with Crippen molar-refractivity contribution >= 4 is 17.2 Å². The normalized spacial score (nSPS) is 28.1. The van der Waals surface area contributed by atoms with Crippen LogP contribution in [-0.4, -0.2) is 10.1 Å². The van der Waals surface area contributed by atoms with Crippen molar-refractivity contribution in [2.24, 2.45) is 11.8 Å². The van der Waals surface area contributed by atoms with Gasteiger partial charge in [-0.3, -0.25) is 0 Å². The minimum atomic E-state index is 0.292. The lowest BCUT2D eigenvalue weighted by Crippen LogP contribution is -1.92. The van der Waals surface area contributed by atoms with E-state index in [0.29, 0.717) is 29.5 Å². The third-order valence-electron chi connectivity index (χ3n) is 4.12. The number of hydrogen-bond acceptors (Lipinski definition) is 3. The predicted molar refractivity (Wildman–Crippen MR) is 72.6 cm³/mol. The Kier molecular flexibility index (Phi) is 2.49. The number of aromatic nitrogens is 2. The summed E-state index contributed by atoms with van der Waals surface area (Å²) >= 11 is 5.68. The molecule has 19 heavy (non-hydrogen) atoms. The number of benzene rings is 1. The number of allylic oxidation sites excluding steroid dienone is 2. The molecule has 0 N–H and O–H groups in total. The topological polar surface area (TPSA) is 38.9 Å². The summed E-state index contributed by atoms with van der Waals surface area (Å²) in [6.45, 7) is 0. The van der Waals surface area contributed by atoms with Crippen molar-refractivity contribution in [1.29, 1.82) is 0 Å². The van der Waals surface area contributed by atoms with E-state index in [0.717, 1.165) is 12.2 Å². The van der Waals surface area contributed by atoms with Gasteiger partial charge in [-0.1, -0.05) is 41.6 Å². The Balaban J connectivity index is 1.54. The summed E-state index contributed by atoms with van der Waals surface area (Å²) in [6, 6.07) is 10.6. The van der Waals surface area contributed by atoms with E-state index < -0.39 is 0 Å². The molecule has 1 saturated carbocycles. The summed E-state index contributed by atoms with van der Waals surface area (Å²) in [4.78, 5) is 4.33. The van der Waals surface area contributed by atoms with Crippen LogP contribution in [0.1, 0.15) is 29.6 Å². The predicted octanol–water partition coefficient (Wildman–Crippen LogP) is 3.63. The molecule has 0 spiro atoms. The lowest BCUT2D eigenvalue weighted by Gasteiger charge is -2.04. The number of fused-ring (bicyclic) bond motifs is 1. The minimum Gasteiger partial charge on any atom is -0.338 e. The zero-order valence-corrected chi connectivity index (χ0v) is 11.0. The van der Waals surface area contributed by atoms with Gasteiger partial charge in [0.15, 0.2) is 5.82 Å². The van der Waals surface area contributed by atoms with Crippen molar-refractivity contribution in [3.63, 3.8) is 0 Å². The van der Waals surface area contributed by atoms with Crippen LogP contribution < -0.4 is 0 Å². The highest BCUT2D eigenvalue weighted by atomic mass is 35.5. The highest BCUT2D eigenvalue weighted by molar-refractivity contribution is 6.16. The first-order chi connectivity index (χ1) is 9.36. The molecule has 3 nitrogen and oxygen atoms in total. The summed E-state index contributed by atoms with van der Waals surface area (Å²) < 4.78 is 5.08. The van der Waals surface area contributed by atoms with E-state index in [1.54, 1.807) is 0 Å². The number of alkyl halides is 1. The molecule has 4 rings (SSSR count). The maximum absolute atomic E-state index is 5.68. The molecule has 0 radical (unpaired) electrons. The Morgan fingerprint density at radius 1 is 1.26 bits per heavy atom. The van der Waals surface area contributed by atoms with Gasteiger partial charge in [0, 0.05) is 5.92 Å². The molecule has 2 aliphatic carbocycles. The van der Waals surface area contributed by atoms with Gasteiger partial charge in [-0.2, -0.15) is 4.98 Å². The summed E-state index contributed by atoms with van der Waals surface area (Å²) in [7, 11) is 0. The zero-order chi connectivity index (χ0) is 12.8. The van der Waals surface area contributed by atoms with Crippen molar-refractivity contribution in [1.82, 2.24) is 10.1 Å². The highest BCUT2D eigenvalue weighted by Crippen LogP contribution is 2.62. The van der Waals surface area contributed by atoms with Gasteiger partial charge in [0.1, 0.15) is 5.88 Å². The molecule has 0 bridgehead atoms. The fourth-order valence-electron chi connectivity index (χ4n) is 3.13. The second-order valence-corrected chi connectivity index (χ2v) is 5.48. The maximum Gasteiger partial charge on any atom is 0.241 e. The first-order valence-corrected chi connectivity index (χ1v) is 7.05. The van der Waals surface area contributed by atoms with Crippen LogP contribution in [0.4, 0.5) is 0 Å². The molecule has 0 saturated heterocycles. The van der Waals surface area contributed by atoms with Crippen LogP contribution in [0, 0.1) is 11.8 Å². The van der Waals surface area contributed by atoms with Crippen LogP contribution >= 0.6 is 11.6 Å². The zero-order valence-electron chi connectivity index (χ0n) is 10.3. The molecule has 4 heteroatoms. The molecule has 0 unspecified atom stereocenters. The Morgan fingerprint density at radius 3 is 2.74 bits per heavy atom. The highest BCUT2D eigenvalue weighted by Gasteiger charge is 2.55. The second-order valence-electron chi connectivity index (χ2n) is 5.21. The van der Waals surface area contributed by atoms with Gasteiger partial charge in [-0.25, -0.2) is 0 Å². The van der Waals surface area contributed by atoms with Gasteiger partial charge in [-0.05, 0) is 29.4 Å². The average Bonchev–Trinajstić information content (AvgIpc) is 2.89. The van der Waals surface area contributed by atoms with Crippen molar-refractivity contribution < 1.29 is 4.52 Å². The lowest BCUT2D eigenvalue weighted by atomic mass is 10.0. The molecule has 96 valence electrons. The van der Waals surface area contributed by atoms with E-state index in [1.807, 2.05) is 0 Å². The molecular formula is C15H13ClN2O. The molecular weight excluding hydrogens is 260 g/mol. The standard InChI is InChI=1S/C15H13ClN2O/c16-8-13-17-15(18-19-13)14-11-6-10(7-12(11)14)9-4-2-1-3-5-9/h1-6,11-12,14H,7-8H2/t11-,12+,14+/m0/s1. The van der Waals surface area contributed by atoms with E-state index in [2.05, 4.69) is 46.5 Å². The fourth-order valence-corrected chi connectivity index (χ4v) is 3.24. The molecule has 1 aromatic heterocycles. The van der Waals surface area contributed by atoms with Crippen molar-refractivity contribution in [2.45, 2.75) is 18.2 Å². The van der Waals surface area contributed by atoms with E-state index in [1.165, 1.54) is 11.1 Å². The van der Waals surface area contributed by atoms with Gasteiger partial charge < -0.3 is 4.52 Å². The van der Waals surface area contributed by atoms with E-state index in [-0.39, 0.29) is 0 Å². The van der Waals surface area contributed by atoms with Crippen LogP contribution in [0.25, 0.3) is 5.57 Å². The average molecular weight is 273 g/mol. The molecule has 0 amide bonds. The first kappa shape index (κ1) is 11.2. The molecule has 0 aliphatic heterocycles. The Morgan fingerprint density at radius 2 is 2.11 bits per heavy atom. The van der Waals surface area contributed by atoms with Crippen LogP contribution in [-0.2, 0) is 5.88 Å². The van der Waals surface area contributed by atoms with Crippen LogP contribution in [0.5, 0.6) is 0 Å². The first-order valence-electron chi connectivity index (χ1n) is 6.51. The van der Waals surface area contributed by atoms with Crippen LogP contribution in [0.15, 0.2) is 40.9 Å². The third-order valence-corrected chi connectivity index (χ3v) is 4.35. The number of nitrogens with zero attached hydrogens (tertiary/aromatic N) is 2. The van der Waals surface area contributed by atoms with E-state index >= 15 is 0 Å².